The summed E-state index contributed by atoms with van der Waals surface area (Å²) in [5.41, 5.74) is 0.619. The number of halogens is 1. The standard InChI is InChI=1S/C15H23FN2O/c1-11(2)15(3,4)10-17-9-14(19)18-13-7-5-6-12(16)8-13/h5-8,11,17H,9-10H2,1-4H3,(H,18,19). The van der Waals surface area contributed by atoms with E-state index in [2.05, 4.69) is 38.3 Å². The van der Waals surface area contributed by atoms with Crippen molar-refractivity contribution in [2.24, 2.45) is 11.3 Å². The normalized spacial score (nSPS) is 11.7. The van der Waals surface area contributed by atoms with Gasteiger partial charge in [0.1, 0.15) is 5.82 Å². The molecule has 1 aromatic carbocycles. The van der Waals surface area contributed by atoms with Gasteiger partial charge in [-0.15, -0.1) is 0 Å². The van der Waals surface area contributed by atoms with Crippen LogP contribution in [-0.2, 0) is 4.79 Å². The highest BCUT2D eigenvalue weighted by Crippen LogP contribution is 2.24. The van der Waals surface area contributed by atoms with Gasteiger partial charge < -0.3 is 10.6 Å². The monoisotopic (exact) mass is 266 g/mol. The molecular formula is C15H23FN2O. The minimum absolute atomic E-state index is 0.138. The molecule has 0 fully saturated rings. The average Bonchev–Trinajstić information content (AvgIpc) is 2.28. The molecule has 1 amide bonds. The van der Waals surface area contributed by atoms with Crippen LogP contribution in [0.1, 0.15) is 27.7 Å². The lowest BCUT2D eigenvalue weighted by Gasteiger charge is -2.29. The number of nitrogens with one attached hydrogen (secondary N) is 2. The average molecular weight is 266 g/mol. The highest BCUT2D eigenvalue weighted by Gasteiger charge is 2.21. The number of benzene rings is 1. The maximum Gasteiger partial charge on any atom is 0.238 e. The zero-order valence-corrected chi connectivity index (χ0v) is 12.1. The van der Waals surface area contributed by atoms with E-state index >= 15 is 0 Å². The predicted molar refractivity (Wildman–Crippen MR) is 76.5 cm³/mol. The molecule has 1 aromatic rings. The van der Waals surface area contributed by atoms with Crippen molar-refractivity contribution in [1.29, 1.82) is 0 Å². The Kier molecular flexibility index (Phi) is 5.48. The summed E-state index contributed by atoms with van der Waals surface area (Å²) in [6.45, 7) is 9.64. The molecule has 0 heterocycles. The van der Waals surface area contributed by atoms with E-state index in [1.165, 1.54) is 12.1 Å². The lowest BCUT2D eigenvalue weighted by molar-refractivity contribution is -0.115. The minimum Gasteiger partial charge on any atom is -0.325 e. The first-order valence-corrected chi connectivity index (χ1v) is 6.57. The third-order valence-electron chi connectivity index (χ3n) is 3.54. The lowest BCUT2D eigenvalue weighted by Crippen LogP contribution is -2.37. The third kappa shape index (κ3) is 5.39. The Morgan fingerprint density at radius 2 is 2.05 bits per heavy atom. The van der Waals surface area contributed by atoms with E-state index in [1.54, 1.807) is 12.1 Å². The number of hydrogen-bond donors (Lipinski definition) is 2. The molecule has 1 rings (SSSR count). The number of amides is 1. The van der Waals surface area contributed by atoms with E-state index in [4.69, 9.17) is 0 Å². The summed E-state index contributed by atoms with van der Waals surface area (Å²) in [5, 5.41) is 5.79. The van der Waals surface area contributed by atoms with Crippen molar-refractivity contribution in [1.82, 2.24) is 5.32 Å². The number of anilines is 1. The zero-order valence-electron chi connectivity index (χ0n) is 12.1. The van der Waals surface area contributed by atoms with Gasteiger partial charge in [-0.1, -0.05) is 33.8 Å². The second-order valence-electron chi connectivity index (χ2n) is 5.81. The van der Waals surface area contributed by atoms with E-state index in [0.29, 0.717) is 11.6 Å². The van der Waals surface area contributed by atoms with E-state index in [0.717, 1.165) is 6.54 Å². The van der Waals surface area contributed by atoms with Crippen LogP contribution in [-0.4, -0.2) is 19.0 Å². The number of hydrogen-bond acceptors (Lipinski definition) is 2. The summed E-state index contributed by atoms with van der Waals surface area (Å²) in [5.74, 6) is 0.0168. The highest BCUT2D eigenvalue weighted by molar-refractivity contribution is 5.92. The van der Waals surface area contributed by atoms with Gasteiger partial charge in [-0.05, 0) is 29.5 Å². The maximum atomic E-state index is 12.9. The Balaban J connectivity index is 2.37. The summed E-state index contributed by atoms with van der Waals surface area (Å²) in [7, 11) is 0. The molecule has 0 aliphatic rings. The zero-order chi connectivity index (χ0) is 14.5. The molecule has 0 aromatic heterocycles. The van der Waals surface area contributed by atoms with Gasteiger partial charge in [-0.25, -0.2) is 4.39 Å². The van der Waals surface area contributed by atoms with Crippen LogP contribution in [0.3, 0.4) is 0 Å². The quantitative estimate of drug-likeness (QED) is 0.831. The van der Waals surface area contributed by atoms with Gasteiger partial charge in [0.25, 0.3) is 0 Å². The predicted octanol–water partition coefficient (Wildman–Crippen LogP) is 3.04. The summed E-state index contributed by atoms with van der Waals surface area (Å²) < 4.78 is 12.9. The van der Waals surface area contributed by atoms with E-state index in [9.17, 15) is 9.18 Å². The van der Waals surface area contributed by atoms with Crippen LogP contribution < -0.4 is 10.6 Å². The molecule has 19 heavy (non-hydrogen) atoms. The first-order valence-electron chi connectivity index (χ1n) is 6.57. The van der Waals surface area contributed by atoms with Crippen molar-refractivity contribution in [3.05, 3.63) is 30.1 Å². The summed E-state index contributed by atoms with van der Waals surface area (Å²) in [6, 6.07) is 5.88. The van der Waals surface area contributed by atoms with Gasteiger partial charge >= 0.3 is 0 Å². The van der Waals surface area contributed by atoms with Gasteiger partial charge in [0.15, 0.2) is 0 Å². The van der Waals surface area contributed by atoms with Gasteiger partial charge in [0.2, 0.25) is 5.91 Å². The molecule has 0 saturated heterocycles. The van der Waals surface area contributed by atoms with Crippen molar-refractivity contribution in [2.75, 3.05) is 18.4 Å². The molecule has 0 bridgehead atoms. The van der Waals surface area contributed by atoms with Gasteiger partial charge in [-0.3, -0.25) is 4.79 Å². The Morgan fingerprint density at radius 1 is 1.37 bits per heavy atom. The largest absolute Gasteiger partial charge is 0.325 e. The molecule has 0 aliphatic carbocycles. The van der Waals surface area contributed by atoms with Crippen molar-refractivity contribution in [3.8, 4) is 0 Å². The van der Waals surface area contributed by atoms with Crippen LogP contribution in [0.2, 0.25) is 0 Å². The van der Waals surface area contributed by atoms with Crippen LogP contribution in [0.25, 0.3) is 0 Å². The Hall–Kier alpha value is -1.42. The molecule has 0 unspecified atom stereocenters. The van der Waals surface area contributed by atoms with Gasteiger partial charge in [0.05, 0.1) is 6.54 Å². The van der Waals surface area contributed by atoms with Crippen molar-refractivity contribution >= 4 is 11.6 Å². The van der Waals surface area contributed by atoms with Crippen molar-refractivity contribution in [2.45, 2.75) is 27.7 Å². The summed E-state index contributed by atoms with van der Waals surface area (Å²) in [6.07, 6.45) is 0. The van der Waals surface area contributed by atoms with E-state index in [1.807, 2.05) is 0 Å². The van der Waals surface area contributed by atoms with Gasteiger partial charge in [0, 0.05) is 12.2 Å². The third-order valence-corrected chi connectivity index (χ3v) is 3.54. The fourth-order valence-corrected chi connectivity index (χ4v) is 1.47. The van der Waals surface area contributed by atoms with E-state index < -0.39 is 0 Å². The molecule has 3 nitrogen and oxygen atoms in total. The van der Waals surface area contributed by atoms with Crippen LogP contribution in [0.15, 0.2) is 24.3 Å². The molecule has 0 spiro atoms. The highest BCUT2D eigenvalue weighted by atomic mass is 19.1. The Morgan fingerprint density at radius 3 is 2.63 bits per heavy atom. The van der Waals surface area contributed by atoms with Crippen LogP contribution in [0, 0.1) is 17.2 Å². The second-order valence-corrected chi connectivity index (χ2v) is 5.81. The molecule has 0 atom stereocenters. The molecule has 2 N–H and O–H groups in total. The number of carbonyl (C=O) groups is 1. The fraction of sp³-hybridized carbons (Fsp3) is 0.533. The Bertz CT molecular complexity index is 430. The molecule has 4 heteroatoms. The lowest BCUT2D eigenvalue weighted by atomic mass is 9.81. The summed E-state index contributed by atoms with van der Waals surface area (Å²) >= 11 is 0. The molecule has 0 aliphatic heterocycles. The van der Waals surface area contributed by atoms with Crippen LogP contribution in [0.5, 0.6) is 0 Å². The van der Waals surface area contributed by atoms with Crippen molar-refractivity contribution < 1.29 is 9.18 Å². The second kappa shape index (κ2) is 6.66. The topological polar surface area (TPSA) is 41.1 Å². The number of rotatable bonds is 6. The summed E-state index contributed by atoms with van der Waals surface area (Å²) in [4.78, 5) is 11.7. The van der Waals surface area contributed by atoms with Crippen LogP contribution in [0.4, 0.5) is 10.1 Å². The molecule has 106 valence electrons. The smallest absolute Gasteiger partial charge is 0.238 e. The maximum absolute atomic E-state index is 12.9. The molecule has 0 saturated carbocycles. The molecule has 0 radical (unpaired) electrons. The minimum atomic E-state index is -0.355. The first-order chi connectivity index (χ1) is 8.81. The first kappa shape index (κ1) is 15.6. The number of carbonyl (C=O) groups excluding carboxylic acids is 1. The molecular weight excluding hydrogens is 243 g/mol. The van der Waals surface area contributed by atoms with Crippen molar-refractivity contribution in [3.63, 3.8) is 0 Å². The van der Waals surface area contributed by atoms with E-state index in [-0.39, 0.29) is 23.7 Å². The fourth-order valence-electron chi connectivity index (χ4n) is 1.47. The van der Waals surface area contributed by atoms with Gasteiger partial charge in [-0.2, -0.15) is 0 Å². The van der Waals surface area contributed by atoms with Crippen LogP contribution >= 0.6 is 0 Å². The SMILES string of the molecule is CC(C)C(C)(C)CNCC(=O)Nc1cccc(F)c1. The Labute approximate surface area is 114 Å².